The maximum atomic E-state index is 13.2. The van der Waals surface area contributed by atoms with Crippen LogP contribution in [0.15, 0.2) is 48.5 Å². The second-order valence-electron chi connectivity index (χ2n) is 5.86. The highest BCUT2D eigenvalue weighted by molar-refractivity contribution is 5.38. The molecule has 23 heavy (non-hydrogen) atoms. The first-order valence-electron chi connectivity index (χ1n) is 7.57. The Hall–Kier alpha value is -2.76. The van der Waals surface area contributed by atoms with Crippen molar-refractivity contribution in [3.05, 3.63) is 71.0 Å². The molecule has 0 bridgehead atoms. The molecule has 0 saturated heterocycles. The number of nitrogens with one attached hydrogen (secondary N) is 1. The molecule has 6 heteroatoms. The molecule has 1 aliphatic heterocycles. The summed E-state index contributed by atoms with van der Waals surface area (Å²) in [5, 5.41) is 15.3. The van der Waals surface area contributed by atoms with E-state index in [9.17, 15) is 4.39 Å². The van der Waals surface area contributed by atoms with Crippen molar-refractivity contribution in [2.75, 3.05) is 5.32 Å². The average molecular weight is 309 g/mol. The smallest absolute Gasteiger partial charge is 0.243 e. The quantitative estimate of drug-likeness (QED) is 0.789. The fourth-order valence-corrected chi connectivity index (χ4v) is 3.02. The van der Waals surface area contributed by atoms with Crippen molar-refractivity contribution in [1.82, 2.24) is 20.2 Å². The second-order valence-corrected chi connectivity index (χ2v) is 5.86. The Labute approximate surface area is 133 Å². The standard InChI is InChI=1S/C17H16FN5/c1-11-2-4-12(5-3-11)15-10-16(13-6-8-14(18)9-7-13)23-17(19-15)20-21-22-23/h2-9,15-16H,10H2,1H3,(H,19,20,22)/t15-,16+/m0/s1. The molecule has 1 aromatic heterocycles. The van der Waals surface area contributed by atoms with Gasteiger partial charge in [0.05, 0.1) is 12.1 Å². The van der Waals surface area contributed by atoms with Gasteiger partial charge in [-0.05, 0) is 47.0 Å². The van der Waals surface area contributed by atoms with Crippen LogP contribution in [0.2, 0.25) is 0 Å². The molecule has 2 atom stereocenters. The van der Waals surface area contributed by atoms with Crippen LogP contribution in [0, 0.1) is 12.7 Å². The summed E-state index contributed by atoms with van der Waals surface area (Å²) in [5.74, 6) is 0.394. The number of fused-ring (bicyclic) bond motifs is 1. The zero-order valence-corrected chi connectivity index (χ0v) is 12.6. The zero-order chi connectivity index (χ0) is 15.8. The van der Waals surface area contributed by atoms with Gasteiger partial charge >= 0.3 is 0 Å². The molecule has 1 aliphatic rings. The van der Waals surface area contributed by atoms with E-state index in [4.69, 9.17) is 0 Å². The van der Waals surface area contributed by atoms with Crippen LogP contribution < -0.4 is 5.32 Å². The van der Waals surface area contributed by atoms with E-state index >= 15 is 0 Å². The van der Waals surface area contributed by atoms with Gasteiger partial charge in [-0.25, -0.2) is 9.07 Å². The van der Waals surface area contributed by atoms with Gasteiger partial charge in [0.25, 0.3) is 0 Å². The van der Waals surface area contributed by atoms with E-state index < -0.39 is 0 Å². The van der Waals surface area contributed by atoms with E-state index in [-0.39, 0.29) is 17.9 Å². The van der Waals surface area contributed by atoms with Crippen molar-refractivity contribution in [2.45, 2.75) is 25.4 Å². The molecule has 1 N–H and O–H groups in total. The molecule has 2 heterocycles. The van der Waals surface area contributed by atoms with Crippen LogP contribution in [0.1, 0.15) is 35.2 Å². The first kappa shape index (κ1) is 13.9. The molecule has 0 unspecified atom stereocenters. The van der Waals surface area contributed by atoms with Gasteiger partial charge in [0, 0.05) is 0 Å². The van der Waals surface area contributed by atoms with Gasteiger partial charge in [-0.1, -0.05) is 47.1 Å². The van der Waals surface area contributed by atoms with Crippen LogP contribution in [0.25, 0.3) is 0 Å². The van der Waals surface area contributed by atoms with E-state index in [0.717, 1.165) is 12.0 Å². The molecule has 0 aliphatic carbocycles. The third kappa shape index (κ3) is 2.56. The number of aryl methyl sites for hydroxylation is 1. The van der Waals surface area contributed by atoms with Gasteiger partial charge in [0.2, 0.25) is 5.95 Å². The fourth-order valence-electron chi connectivity index (χ4n) is 3.02. The first-order valence-corrected chi connectivity index (χ1v) is 7.57. The summed E-state index contributed by atoms with van der Waals surface area (Å²) in [4.78, 5) is 0. The Kier molecular flexibility index (Phi) is 3.29. The van der Waals surface area contributed by atoms with Crippen molar-refractivity contribution in [3.8, 4) is 0 Å². The summed E-state index contributed by atoms with van der Waals surface area (Å²) in [5.41, 5.74) is 3.42. The maximum Gasteiger partial charge on any atom is 0.243 e. The molecule has 2 aromatic carbocycles. The number of benzene rings is 2. The molecule has 0 spiro atoms. The first-order chi connectivity index (χ1) is 11.2. The van der Waals surface area contributed by atoms with E-state index in [1.165, 1.54) is 23.3 Å². The Morgan fingerprint density at radius 1 is 1.04 bits per heavy atom. The Balaban J connectivity index is 1.71. The molecule has 3 aromatic rings. The van der Waals surface area contributed by atoms with E-state index in [1.807, 2.05) is 0 Å². The van der Waals surface area contributed by atoms with Crippen LogP contribution in [-0.2, 0) is 0 Å². The number of tetrazole rings is 1. The fraction of sp³-hybridized carbons (Fsp3) is 0.235. The summed E-state index contributed by atoms with van der Waals surface area (Å²) in [6.07, 6.45) is 0.798. The van der Waals surface area contributed by atoms with Gasteiger partial charge in [-0.3, -0.25) is 0 Å². The van der Waals surface area contributed by atoms with Gasteiger partial charge in [0.15, 0.2) is 0 Å². The summed E-state index contributed by atoms with van der Waals surface area (Å²) < 4.78 is 15.0. The van der Waals surface area contributed by atoms with Gasteiger partial charge in [0.1, 0.15) is 5.82 Å². The lowest BCUT2D eigenvalue weighted by Crippen LogP contribution is -2.28. The monoisotopic (exact) mass is 309 g/mol. The maximum absolute atomic E-state index is 13.2. The predicted molar refractivity (Wildman–Crippen MR) is 84.5 cm³/mol. The number of rotatable bonds is 2. The lowest BCUT2D eigenvalue weighted by atomic mass is 9.93. The Morgan fingerprint density at radius 2 is 1.74 bits per heavy atom. The third-order valence-electron chi connectivity index (χ3n) is 4.28. The molecule has 116 valence electrons. The third-order valence-corrected chi connectivity index (χ3v) is 4.28. The van der Waals surface area contributed by atoms with Crippen molar-refractivity contribution < 1.29 is 4.39 Å². The van der Waals surface area contributed by atoms with Crippen LogP contribution in [0.3, 0.4) is 0 Å². The Bertz CT molecular complexity index is 810. The molecule has 5 nitrogen and oxygen atoms in total. The summed E-state index contributed by atoms with van der Waals surface area (Å²) in [6, 6.07) is 15.1. The normalized spacial score (nSPS) is 19.9. The van der Waals surface area contributed by atoms with Crippen molar-refractivity contribution >= 4 is 5.95 Å². The molecule has 0 radical (unpaired) electrons. The van der Waals surface area contributed by atoms with Gasteiger partial charge in [-0.15, -0.1) is 0 Å². The molecule has 4 rings (SSSR count). The topological polar surface area (TPSA) is 55.6 Å². The SMILES string of the molecule is Cc1ccc([C@@H]2C[C@H](c3ccc(F)cc3)n3nnnc3N2)cc1. The van der Waals surface area contributed by atoms with Crippen LogP contribution in [0.4, 0.5) is 10.3 Å². The summed E-state index contributed by atoms with van der Waals surface area (Å²) in [6.45, 7) is 2.07. The minimum Gasteiger partial charge on any atom is -0.346 e. The van der Waals surface area contributed by atoms with Crippen LogP contribution in [0.5, 0.6) is 0 Å². The number of anilines is 1. The predicted octanol–water partition coefficient (Wildman–Crippen LogP) is 3.27. The zero-order valence-electron chi connectivity index (χ0n) is 12.6. The molecule has 0 fully saturated rings. The molecule has 0 amide bonds. The number of aromatic nitrogens is 4. The number of halogens is 1. The van der Waals surface area contributed by atoms with Crippen molar-refractivity contribution in [2.24, 2.45) is 0 Å². The van der Waals surface area contributed by atoms with Crippen LogP contribution >= 0.6 is 0 Å². The second kappa shape index (κ2) is 5.46. The summed E-state index contributed by atoms with van der Waals surface area (Å²) >= 11 is 0. The number of hydrogen-bond acceptors (Lipinski definition) is 4. The molecule has 0 saturated carbocycles. The van der Waals surface area contributed by atoms with Crippen molar-refractivity contribution in [3.63, 3.8) is 0 Å². The minimum absolute atomic E-state index is 0.0202. The highest BCUT2D eigenvalue weighted by atomic mass is 19.1. The Morgan fingerprint density at radius 3 is 2.48 bits per heavy atom. The highest BCUT2D eigenvalue weighted by Crippen LogP contribution is 2.36. The van der Waals surface area contributed by atoms with E-state index in [0.29, 0.717) is 5.95 Å². The average Bonchev–Trinajstić information content (AvgIpc) is 3.04. The molecular weight excluding hydrogens is 293 g/mol. The highest BCUT2D eigenvalue weighted by Gasteiger charge is 2.30. The van der Waals surface area contributed by atoms with Gasteiger partial charge in [-0.2, -0.15) is 0 Å². The number of nitrogens with zero attached hydrogens (tertiary/aromatic N) is 4. The van der Waals surface area contributed by atoms with Crippen molar-refractivity contribution in [1.29, 1.82) is 0 Å². The van der Waals surface area contributed by atoms with Crippen LogP contribution in [-0.4, -0.2) is 20.2 Å². The lowest BCUT2D eigenvalue weighted by Gasteiger charge is -2.31. The largest absolute Gasteiger partial charge is 0.346 e. The molecular formula is C17H16FN5. The van der Waals surface area contributed by atoms with E-state index in [1.54, 1.807) is 16.8 Å². The summed E-state index contributed by atoms with van der Waals surface area (Å²) in [7, 11) is 0. The number of hydrogen-bond donors (Lipinski definition) is 1. The minimum atomic E-state index is -0.241. The lowest BCUT2D eigenvalue weighted by molar-refractivity contribution is 0.423. The van der Waals surface area contributed by atoms with Gasteiger partial charge < -0.3 is 5.32 Å². The van der Waals surface area contributed by atoms with E-state index in [2.05, 4.69) is 52.0 Å².